The van der Waals surface area contributed by atoms with Crippen LogP contribution in [0.3, 0.4) is 0 Å². The minimum absolute atomic E-state index is 0.442. The third-order valence-corrected chi connectivity index (χ3v) is 5.42. The van der Waals surface area contributed by atoms with E-state index in [-0.39, 0.29) is 0 Å². The van der Waals surface area contributed by atoms with Crippen LogP contribution in [0.4, 0.5) is 0 Å². The fourth-order valence-corrected chi connectivity index (χ4v) is 3.95. The van der Waals surface area contributed by atoms with E-state index in [2.05, 4.69) is 24.3 Å². The van der Waals surface area contributed by atoms with Gasteiger partial charge in [0.05, 0.1) is 15.7 Å². The molecule has 0 spiro atoms. The smallest absolute Gasteiger partial charge is 0.0699 e. The van der Waals surface area contributed by atoms with Gasteiger partial charge in [0.2, 0.25) is 0 Å². The van der Waals surface area contributed by atoms with Crippen LogP contribution in [-0.4, -0.2) is 15.7 Å². The molecule has 1 aromatic rings. The molecule has 0 heterocycles. The first kappa shape index (κ1) is 14.3. The van der Waals surface area contributed by atoms with E-state index in [4.69, 9.17) is 15.7 Å². The van der Waals surface area contributed by atoms with Crippen molar-refractivity contribution in [3.63, 3.8) is 0 Å². The van der Waals surface area contributed by atoms with E-state index >= 15 is 0 Å². The summed E-state index contributed by atoms with van der Waals surface area (Å²) in [6, 6.07) is 9.47. The Morgan fingerprint density at radius 3 is 1.15 bits per heavy atom. The Labute approximate surface area is 126 Å². The van der Waals surface area contributed by atoms with Crippen LogP contribution in [-0.2, 0) is 0 Å². The fourth-order valence-electron chi connectivity index (χ4n) is 3.95. The van der Waals surface area contributed by atoms with Gasteiger partial charge in [-0.2, -0.15) is 0 Å². The minimum Gasteiger partial charge on any atom is -0.0773 e. The Morgan fingerprint density at radius 2 is 0.850 bits per heavy atom. The molecule has 0 unspecified atom stereocenters. The van der Waals surface area contributed by atoms with Crippen molar-refractivity contribution < 1.29 is 0 Å². The van der Waals surface area contributed by atoms with Crippen LogP contribution in [0.2, 0.25) is 11.6 Å². The summed E-state index contributed by atoms with van der Waals surface area (Å²) in [5.74, 6) is 2.36. The van der Waals surface area contributed by atoms with E-state index in [1.807, 2.05) is 0 Å². The average Bonchev–Trinajstić information content (AvgIpc) is 2.49. The average molecular weight is 262 g/mol. The van der Waals surface area contributed by atoms with E-state index in [0.717, 1.165) is 11.8 Å². The molecule has 0 saturated heterocycles. The lowest BCUT2D eigenvalue weighted by Crippen LogP contribution is -2.11. The summed E-state index contributed by atoms with van der Waals surface area (Å²) in [7, 11) is 12.0. The zero-order valence-corrected chi connectivity index (χ0v) is 12.4. The first-order chi connectivity index (χ1) is 9.72. The second kappa shape index (κ2) is 6.41. The molecule has 20 heavy (non-hydrogen) atoms. The van der Waals surface area contributed by atoms with Crippen molar-refractivity contribution in [2.45, 2.75) is 74.8 Å². The Hall–Kier alpha value is -0.650. The largest absolute Gasteiger partial charge is 0.0773 e. The summed E-state index contributed by atoms with van der Waals surface area (Å²) in [5, 5.41) is 0. The SMILES string of the molecule is [B]C1CCC(c2ccc(C3CCC([B])CC3)cc2)CC1. The molecule has 102 valence electrons. The van der Waals surface area contributed by atoms with Crippen molar-refractivity contribution in [1.29, 1.82) is 0 Å². The van der Waals surface area contributed by atoms with Gasteiger partial charge in [-0.25, -0.2) is 0 Å². The van der Waals surface area contributed by atoms with Crippen molar-refractivity contribution in [2.75, 3.05) is 0 Å². The number of hydrogen-bond donors (Lipinski definition) is 0. The monoisotopic (exact) mass is 262 g/mol. The van der Waals surface area contributed by atoms with Gasteiger partial charge in [-0.05, 0) is 48.6 Å². The lowest BCUT2D eigenvalue weighted by molar-refractivity contribution is 0.439. The van der Waals surface area contributed by atoms with Crippen molar-refractivity contribution in [3.8, 4) is 0 Å². The number of hydrogen-bond acceptors (Lipinski definition) is 0. The molecule has 0 aromatic heterocycles. The van der Waals surface area contributed by atoms with Crippen LogP contribution in [0.25, 0.3) is 0 Å². The predicted molar refractivity (Wildman–Crippen MR) is 87.9 cm³/mol. The molecular formula is C18H24B2. The predicted octanol–water partition coefficient (Wildman–Crippen LogP) is 4.92. The zero-order valence-electron chi connectivity index (χ0n) is 12.4. The minimum atomic E-state index is 0.442. The zero-order chi connectivity index (χ0) is 13.9. The molecule has 0 aliphatic heterocycles. The second-order valence-electron chi connectivity index (χ2n) is 6.89. The van der Waals surface area contributed by atoms with E-state index in [9.17, 15) is 0 Å². The van der Waals surface area contributed by atoms with E-state index in [1.54, 1.807) is 0 Å². The quantitative estimate of drug-likeness (QED) is 0.664. The number of rotatable bonds is 2. The first-order valence-corrected chi connectivity index (χ1v) is 8.33. The molecule has 0 amide bonds. The molecule has 4 radical (unpaired) electrons. The second-order valence-corrected chi connectivity index (χ2v) is 6.89. The van der Waals surface area contributed by atoms with Gasteiger partial charge in [-0.3, -0.25) is 0 Å². The molecule has 0 N–H and O–H groups in total. The van der Waals surface area contributed by atoms with Crippen LogP contribution in [0.1, 0.15) is 74.3 Å². The van der Waals surface area contributed by atoms with Crippen LogP contribution in [0.5, 0.6) is 0 Å². The molecule has 2 aliphatic rings. The Bertz CT molecular complexity index is 369. The molecule has 2 saturated carbocycles. The summed E-state index contributed by atoms with van der Waals surface area (Å²) < 4.78 is 0. The molecule has 2 fully saturated rings. The van der Waals surface area contributed by atoms with Gasteiger partial charge >= 0.3 is 0 Å². The Kier molecular flexibility index (Phi) is 4.58. The van der Waals surface area contributed by atoms with Gasteiger partial charge in [0.15, 0.2) is 0 Å². The van der Waals surface area contributed by atoms with Crippen molar-refractivity contribution in [3.05, 3.63) is 35.4 Å². The molecule has 0 atom stereocenters. The summed E-state index contributed by atoms with van der Waals surface area (Å²) >= 11 is 0. The van der Waals surface area contributed by atoms with Gasteiger partial charge < -0.3 is 0 Å². The topological polar surface area (TPSA) is 0 Å². The molecule has 1 aromatic carbocycles. The molecule has 0 nitrogen and oxygen atoms in total. The normalized spacial score (nSPS) is 34.8. The molecule has 3 rings (SSSR count). The van der Waals surface area contributed by atoms with Crippen molar-refractivity contribution >= 4 is 15.7 Å². The highest BCUT2D eigenvalue weighted by Crippen LogP contribution is 2.39. The molecule has 0 bridgehead atoms. The highest BCUT2D eigenvalue weighted by Gasteiger charge is 2.21. The molecule has 2 aliphatic carbocycles. The van der Waals surface area contributed by atoms with Gasteiger partial charge in [-0.15, -0.1) is 0 Å². The Balaban J connectivity index is 1.62. The lowest BCUT2D eigenvalue weighted by Gasteiger charge is -2.28. The van der Waals surface area contributed by atoms with E-state index in [1.165, 1.54) is 62.5 Å². The Morgan fingerprint density at radius 1 is 0.550 bits per heavy atom. The summed E-state index contributed by atoms with van der Waals surface area (Å²) in [4.78, 5) is 0. The van der Waals surface area contributed by atoms with Gasteiger partial charge in [0.25, 0.3) is 0 Å². The maximum atomic E-state index is 6.00. The first-order valence-electron chi connectivity index (χ1n) is 8.33. The van der Waals surface area contributed by atoms with Crippen LogP contribution in [0, 0.1) is 0 Å². The maximum absolute atomic E-state index is 6.00. The van der Waals surface area contributed by atoms with Gasteiger partial charge in [0, 0.05) is 0 Å². The summed E-state index contributed by atoms with van der Waals surface area (Å²) in [6.07, 6.45) is 9.80. The van der Waals surface area contributed by atoms with Crippen molar-refractivity contribution in [2.24, 2.45) is 0 Å². The van der Waals surface area contributed by atoms with Gasteiger partial charge in [-0.1, -0.05) is 61.6 Å². The maximum Gasteiger partial charge on any atom is 0.0699 e. The molecule has 2 heteroatoms. The third kappa shape index (κ3) is 3.32. The lowest BCUT2D eigenvalue weighted by atomic mass is 9.69. The van der Waals surface area contributed by atoms with Crippen LogP contribution in [0.15, 0.2) is 24.3 Å². The van der Waals surface area contributed by atoms with Crippen LogP contribution < -0.4 is 0 Å². The number of benzene rings is 1. The van der Waals surface area contributed by atoms with Gasteiger partial charge in [0.1, 0.15) is 0 Å². The van der Waals surface area contributed by atoms with E-state index < -0.39 is 0 Å². The van der Waals surface area contributed by atoms with E-state index in [0.29, 0.717) is 11.6 Å². The highest BCUT2D eigenvalue weighted by molar-refractivity contribution is 6.11. The van der Waals surface area contributed by atoms with Crippen molar-refractivity contribution in [1.82, 2.24) is 0 Å². The standard InChI is InChI=1S/C18H24B2/c19-17-9-5-15(6-10-17)13-1-2-14(4-3-13)16-7-11-18(20)12-8-16/h1-4,15-18H,5-12H2. The molecular weight excluding hydrogens is 238 g/mol. The summed E-state index contributed by atoms with van der Waals surface area (Å²) in [5.41, 5.74) is 3.04. The third-order valence-electron chi connectivity index (χ3n) is 5.42. The fraction of sp³-hybridized carbons (Fsp3) is 0.667. The van der Waals surface area contributed by atoms with Crippen LogP contribution >= 0.6 is 0 Å². The summed E-state index contributed by atoms with van der Waals surface area (Å²) in [6.45, 7) is 0. The highest BCUT2D eigenvalue weighted by atomic mass is 14.3.